The van der Waals surface area contributed by atoms with Crippen molar-refractivity contribution in [3.8, 4) is 5.75 Å². The average molecular weight is 299 g/mol. The van der Waals surface area contributed by atoms with Gasteiger partial charge in [-0.3, -0.25) is 4.79 Å². The number of benzene rings is 1. The molecule has 0 unspecified atom stereocenters. The second-order valence-corrected chi connectivity index (χ2v) is 6.49. The van der Waals surface area contributed by atoms with E-state index in [1.807, 2.05) is 12.1 Å². The van der Waals surface area contributed by atoms with Gasteiger partial charge in [-0.2, -0.15) is 0 Å². The van der Waals surface area contributed by atoms with Gasteiger partial charge in [-0.25, -0.2) is 0 Å². The van der Waals surface area contributed by atoms with Crippen LogP contribution in [-0.4, -0.2) is 19.6 Å². The number of amides is 1. The van der Waals surface area contributed by atoms with E-state index >= 15 is 0 Å². The molecule has 1 fully saturated rings. The van der Waals surface area contributed by atoms with E-state index in [1.165, 1.54) is 24.0 Å². The number of carbonyl (C=O) groups excluding carboxylic acids is 1. The predicted molar refractivity (Wildman–Crippen MR) is 88.7 cm³/mol. The molecule has 1 amide bonds. The van der Waals surface area contributed by atoms with Crippen molar-refractivity contribution >= 4 is 11.5 Å². The summed E-state index contributed by atoms with van der Waals surface area (Å²) >= 11 is 0. The van der Waals surface area contributed by atoms with Crippen LogP contribution < -0.4 is 10.1 Å². The highest BCUT2D eigenvalue weighted by atomic mass is 16.5. The van der Waals surface area contributed by atoms with Gasteiger partial charge in [0.25, 0.3) is 0 Å². The summed E-state index contributed by atoms with van der Waals surface area (Å²) in [6.07, 6.45) is 9.73. The molecule has 0 aromatic heterocycles. The molecule has 1 spiro atoms. The minimum Gasteiger partial charge on any atom is -0.497 e. The van der Waals surface area contributed by atoms with Crippen LogP contribution in [0.2, 0.25) is 0 Å². The van der Waals surface area contributed by atoms with Crippen molar-refractivity contribution in [2.45, 2.75) is 44.9 Å². The Morgan fingerprint density at radius 1 is 1.09 bits per heavy atom. The number of hydrogen-bond acceptors (Lipinski definition) is 2. The number of hydrogen-bond donors (Lipinski definition) is 1. The Morgan fingerprint density at radius 3 is 2.50 bits per heavy atom. The van der Waals surface area contributed by atoms with E-state index < -0.39 is 0 Å². The summed E-state index contributed by atoms with van der Waals surface area (Å²) in [6, 6.07) is 8.21. The van der Waals surface area contributed by atoms with Crippen molar-refractivity contribution in [3.63, 3.8) is 0 Å². The Hall–Kier alpha value is -1.77. The molecule has 1 saturated carbocycles. The van der Waals surface area contributed by atoms with E-state index in [0.717, 1.165) is 44.4 Å². The molecule has 0 saturated heterocycles. The van der Waals surface area contributed by atoms with Gasteiger partial charge in [0.05, 0.1) is 7.11 Å². The van der Waals surface area contributed by atoms with Crippen LogP contribution >= 0.6 is 0 Å². The molecule has 1 aliphatic heterocycles. The lowest BCUT2D eigenvalue weighted by Crippen LogP contribution is -2.39. The maximum atomic E-state index is 12.5. The number of carbonyl (C=O) groups is 1. The van der Waals surface area contributed by atoms with Crippen LogP contribution in [0.25, 0.3) is 5.57 Å². The van der Waals surface area contributed by atoms with E-state index in [9.17, 15) is 4.79 Å². The van der Waals surface area contributed by atoms with Crippen molar-refractivity contribution in [3.05, 3.63) is 35.9 Å². The third kappa shape index (κ3) is 3.03. The molecule has 0 atom stereocenters. The minimum absolute atomic E-state index is 0.0914. The van der Waals surface area contributed by atoms with Crippen LogP contribution in [0, 0.1) is 5.41 Å². The fraction of sp³-hybridized carbons (Fsp3) is 0.526. The highest BCUT2D eigenvalue weighted by Crippen LogP contribution is 2.43. The number of methoxy groups -OCH3 is 1. The summed E-state index contributed by atoms with van der Waals surface area (Å²) in [7, 11) is 1.69. The highest BCUT2D eigenvalue weighted by Gasteiger charge is 2.40. The SMILES string of the molecule is COc1ccc(/C2=C/CCC3(CCCC3)C(=O)NCC2)cc1. The van der Waals surface area contributed by atoms with Crippen molar-refractivity contribution in [2.24, 2.45) is 5.41 Å². The summed E-state index contributed by atoms with van der Waals surface area (Å²) < 4.78 is 5.22. The van der Waals surface area contributed by atoms with Crippen LogP contribution in [0.3, 0.4) is 0 Å². The molecule has 1 N–H and O–H groups in total. The molecule has 1 heterocycles. The summed E-state index contributed by atoms with van der Waals surface area (Å²) in [6.45, 7) is 0.735. The molecule has 3 nitrogen and oxygen atoms in total. The lowest BCUT2D eigenvalue weighted by molar-refractivity contribution is -0.131. The fourth-order valence-electron chi connectivity index (χ4n) is 3.83. The number of allylic oxidation sites excluding steroid dienone is 1. The topological polar surface area (TPSA) is 38.3 Å². The van der Waals surface area contributed by atoms with Gasteiger partial charge in [0, 0.05) is 12.0 Å². The zero-order valence-corrected chi connectivity index (χ0v) is 13.4. The third-order valence-electron chi connectivity index (χ3n) is 5.20. The van der Waals surface area contributed by atoms with Gasteiger partial charge in [-0.05, 0) is 55.4 Å². The van der Waals surface area contributed by atoms with Crippen molar-refractivity contribution in [1.82, 2.24) is 5.32 Å². The lowest BCUT2D eigenvalue weighted by atomic mass is 9.80. The van der Waals surface area contributed by atoms with Crippen LogP contribution in [0.5, 0.6) is 5.75 Å². The number of ether oxygens (including phenoxy) is 1. The third-order valence-corrected chi connectivity index (χ3v) is 5.20. The van der Waals surface area contributed by atoms with E-state index in [0.29, 0.717) is 0 Å². The summed E-state index contributed by atoms with van der Waals surface area (Å²) in [5.74, 6) is 1.17. The maximum absolute atomic E-state index is 12.5. The van der Waals surface area contributed by atoms with Gasteiger partial charge in [0.15, 0.2) is 0 Å². The fourth-order valence-corrected chi connectivity index (χ4v) is 3.83. The van der Waals surface area contributed by atoms with Crippen LogP contribution in [0.1, 0.15) is 50.5 Å². The second kappa shape index (κ2) is 6.55. The first-order valence-corrected chi connectivity index (χ1v) is 8.35. The molecule has 1 aromatic rings. The Balaban J connectivity index is 1.77. The Kier molecular flexibility index (Phi) is 4.51. The highest BCUT2D eigenvalue weighted by molar-refractivity contribution is 5.83. The van der Waals surface area contributed by atoms with Crippen molar-refractivity contribution < 1.29 is 9.53 Å². The van der Waals surface area contributed by atoms with Crippen LogP contribution in [0.15, 0.2) is 30.3 Å². The summed E-state index contributed by atoms with van der Waals surface area (Å²) in [5, 5.41) is 3.18. The van der Waals surface area contributed by atoms with Gasteiger partial charge in [0.2, 0.25) is 5.91 Å². The summed E-state index contributed by atoms with van der Waals surface area (Å²) in [5.41, 5.74) is 2.47. The molecule has 3 rings (SSSR count). The quantitative estimate of drug-likeness (QED) is 0.898. The van der Waals surface area contributed by atoms with Gasteiger partial charge in [-0.15, -0.1) is 0 Å². The molecule has 1 aliphatic carbocycles. The van der Waals surface area contributed by atoms with E-state index in [-0.39, 0.29) is 11.3 Å². The standard InChI is InChI=1S/C19H25NO2/c1-22-17-8-6-16(7-9-17)15-5-4-13-19(11-2-3-12-19)18(21)20-14-10-15/h5-9H,2-4,10-14H2,1H3,(H,20,21)/b15-5+. The van der Waals surface area contributed by atoms with Crippen LogP contribution in [0.4, 0.5) is 0 Å². The Labute approximate surface area is 132 Å². The molecule has 1 aromatic carbocycles. The van der Waals surface area contributed by atoms with Crippen molar-refractivity contribution in [2.75, 3.05) is 13.7 Å². The van der Waals surface area contributed by atoms with Gasteiger partial charge in [0.1, 0.15) is 5.75 Å². The largest absolute Gasteiger partial charge is 0.497 e. The first-order valence-electron chi connectivity index (χ1n) is 8.35. The second-order valence-electron chi connectivity index (χ2n) is 6.49. The van der Waals surface area contributed by atoms with E-state index in [4.69, 9.17) is 4.74 Å². The van der Waals surface area contributed by atoms with E-state index in [1.54, 1.807) is 7.11 Å². The zero-order valence-electron chi connectivity index (χ0n) is 13.4. The Morgan fingerprint density at radius 2 is 1.82 bits per heavy atom. The molecule has 0 bridgehead atoms. The predicted octanol–water partition coefficient (Wildman–Crippen LogP) is 3.94. The monoisotopic (exact) mass is 299 g/mol. The normalized spacial score (nSPS) is 23.9. The van der Waals surface area contributed by atoms with Crippen molar-refractivity contribution in [1.29, 1.82) is 0 Å². The lowest BCUT2D eigenvalue weighted by Gasteiger charge is -2.26. The molecule has 0 radical (unpaired) electrons. The molecule has 3 heteroatoms. The number of rotatable bonds is 2. The maximum Gasteiger partial charge on any atom is 0.226 e. The zero-order chi connectivity index (χ0) is 15.4. The average Bonchev–Trinajstić information content (AvgIpc) is 3.05. The molecular weight excluding hydrogens is 274 g/mol. The molecular formula is C19H25NO2. The van der Waals surface area contributed by atoms with Gasteiger partial charge >= 0.3 is 0 Å². The molecule has 22 heavy (non-hydrogen) atoms. The minimum atomic E-state index is -0.0914. The first kappa shape index (κ1) is 15.1. The van der Waals surface area contributed by atoms with Gasteiger partial charge in [-0.1, -0.05) is 31.1 Å². The van der Waals surface area contributed by atoms with E-state index in [2.05, 4.69) is 23.5 Å². The molecule has 118 valence electrons. The Bertz CT molecular complexity index is 553. The first-order chi connectivity index (χ1) is 10.7. The van der Waals surface area contributed by atoms with Gasteiger partial charge < -0.3 is 10.1 Å². The summed E-state index contributed by atoms with van der Waals surface area (Å²) in [4.78, 5) is 12.5. The van der Waals surface area contributed by atoms with Crippen LogP contribution in [-0.2, 0) is 4.79 Å². The number of nitrogens with one attached hydrogen (secondary N) is 1. The smallest absolute Gasteiger partial charge is 0.226 e. The molecule has 2 aliphatic rings.